The molecule has 5 rings (SSSR count). The van der Waals surface area contributed by atoms with Crippen molar-refractivity contribution in [3.63, 3.8) is 0 Å². The first-order chi connectivity index (χ1) is 11.7. The highest BCUT2D eigenvalue weighted by atomic mass is 16.5. The van der Waals surface area contributed by atoms with E-state index < -0.39 is 0 Å². The first-order valence-corrected chi connectivity index (χ1v) is 8.54. The van der Waals surface area contributed by atoms with E-state index in [9.17, 15) is 0 Å². The highest BCUT2D eigenvalue weighted by molar-refractivity contribution is 5.90. The summed E-state index contributed by atoms with van der Waals surface area (Å²) in [4.78, 5) is 0. The summed E-state index contributed by atoms with van der Waals surface area (Å²) in [7, 11) is 1.75. The summed E-state index contributed by atoms with van der Waals surface area (Å²) in [6, 6.07) is 11.2. The topological polar surface area (TPSA) is 22.3 Å². The van der Waals surface area contributed by atoms with Crippen LogP contribution in [0.5, 0.6) is 11.5 Å². The van der Waals surface area contributed by atoms with Gasteiger partial charge in [-0.05, 0) is 35.1 Å². The molecule has 24 heavy (non-hydrogen) atoms. The van der Waals surface area contributed by atoms with E-state index >= 15 is 0 Å². The smallest absolute Gasteiger partial charge is 0.213 e. The Hall–Kier alpha value is -2.55. The summed E-state index contributed by atoms with van der Waals surface area (Å²) in [5.74, 6) is 2.04. The summed E-state index contributed by atoms with van der Waals surface area (Å²) < 4.78 is 13.8. The van der Waals surface area contributed by atoms with Gasteiger partial charge in [0.25, 0.3) is 0 Å². The Balaban J connectivity index is 1.77. The first-order valence-electron chi connectivity index (χ1n) is 8.54. The number of hydrogen-bond donors (Lipinski definition) is 0. The average molecular weight is 318 g/mol. The molecule has 1 aromatic heterocycles. The van der Waals surface area contributed by atoms with Gasteiger partial charge in [-0.3, -0.25) is 0 Å². The van der Waals surface area contributed by atoms with Gasteiger partial charge in [0.15, 0.2) is 12.7 Å². The van der Waals surface area contributed by atoms with Crippen molar-refractivity contribution in [1.82, 2.24) is 0 Å². The van der Waals surface area contributed by atoms with Crippen LogP contribution in [-0.2, 0) is 19.4 Å². The van der Waals surface area contributed by atoms with E-state index in [0.29, 0.717) is 0 Å². The molecule has 0 radical (unpaired) electrons. The zero-order valence-electron chi connectivity index (χ0n) is 14.1. The average Bonchev–Trinajstić information content (AvgIpc) is 3.05. The van der Waals surface area contributed by atoms with Crippen molar-refractivity contribution in [1.29, 1.82) is 0 Å². The Kier molecular flexibility index (Phi) is 2.87. The van der Waals surface area contributed by atoms with E-state index in [1.807, 2.05) is 0 Å². The quantitative estimate of drug-likeness (QED) is 0.640. The van der Waals surface area contributed by atoms with E-state index in [0.717, 1.165) is 37.5 Å². The molecule has 0 unspecified atom stereocenters. The molecule has 0 N–H and O–H groups in total. The van der Waals surface area contributed by atoms with Gasteiger partial charge < -0.3 is 9.47 Å². The van der Waals surface area contributed by atoms with E-state index in [-0.39, 0.29) is 0 Å². The van der Waals surface area contributed by atoms with Gasteiger partial charge in [-0.2, -0.15) is 4.57 Å². The molecule has 0 bridgehead atoms. The molecule has 120 valence electrons. The van der Waals surface area contributed by atoms with Crippen LogP contribution in [0.1, 0.15) is 16.7 Å². The fourth-order valence-electron chi connectivity index (χ4n) is 4.09. The number of aromatic nitrogens is 1. The lowest BCUT2D eigenvalue weighted by atomic mass is 9.93. The fraction of sp³-hybridized carbons (Fsp3) is 0.286. The molecule has 0 spiro atoms. The second-order valence-electron chi connectivity index (χ2n) is 6.74. The fourth-order valence-corrected chi connectivity index (χ4v) is 4.09. The minimum Gasteiger partial charge on any atom is -0.496 e. The number of nitrogens with zero attached hydrogens (tertiary/aromatic N) is 1. The van der Waals surface area contributed by atoms with Crippen LogP contribution in [0.4, 0.5) is 0 Å². The Morgan fingerprint density at radius 1 is 1.08 bits per heavy atom. The molecule has 0 aliphatic carbocycles. The molecule has 0 atom stereocenters. The number of hydrogen-bond acceptors (Lipinski definition) is 2. The lowest BCUT2D eigenvalue weighted by Gasteiger charge is -2.17. The molecule has 3 heterocycles. The van der Waals surface area contributed by atoms with Gasteiger partial charge in [-0.15, -0.1) is 0 Å². The maximum Gasteiger partial charge on any atom is 0.213 e. The van der Waals surface area contributed by atoms with Crippen molar-refractivity contribution in [2.24, 2.45) is 0 Å². The van der Waals surface area contributed by atoms with Crippen LogP contribution < -0.4 is 14.0 Å². The molecule has 0 fully saturated rings. The third-order valence-electron chi connectivity index (χ3n) is 5.33. The largest absolute Gasteiger partial charge is 0.496 e. The molecule has 3 aromatic rings. The number of methoxy groups -OCH3 is 1. The zero-order valence-corrected chi connectivity index (χ0v) is 14.1. The minimum atomic E-state index is 0.812. The van der Waals surface area contributed by atoms with Crippen molar-refractivity contribution in [3.05, 3.63) is 53.2 Å². The van der Waals surface area contributed by atoms with E-state index in [1.165, 1.54) is 38.7 Å². The third-order valence-corrected chi connectivity index (χ3v) is 5.33. The standard InChI is InChI=1S/C21H20NO2/c1-13-3-4-14-10-19-17-11-20-16(6-8-24-20)9-15(17)5-7-22(19)12-18(14)21(13)23-2/h3-4,9-12H,5-8H2,1-2H3/q+1. The van der Waals surface area contributed by atoms with Gasteiger partial charge in [0.2, 0.25) is 5.69 Å². The lowest BCUT2D eigenvalue weighted by Crippen LogP contribution is -2.40. The summed E-state index contributed by atoms with van der Waals surface area (Å²) in [5.41, 5.74) is 6.56. The summed E-state index contributed by atoms with van der Waals surface area (Å²) in [6.45, 7) is 3.92. The van der Waals surface area contributed by atoms with Gasteiger partial charge in [0.05, 0.1) is 24.7 Å². The number of benzene rings is 2. The molecular weight excluding hydrogens is 298 g/mol. The van der Waals surface area contributed by atoms with Gasteiger partial charge in [-0.25, -0.2) is 0 Å². The van der Waals surface area contributed by atoms with Gasteiger partial charge in [-0.1, -0.05) is 18.2 Å². The summed E-state index contributed by atoms with van der Waals surface area (Å²) >= 11 is 0. The third kappa shape index (κ3) is 1.87. The summed E-state index contributed by atoms with van der Waals surface area (Å²) in [5, 5.41) is 2.40. The van der Waals surface area contributed by atoms with E-state index in [1.54, 1.807) is 7.11 Å². The van der Waals surface area contributed by atoms with Crippen molar-refractivity contribution < 1.29 is 14.0 Å². The zero-order chi connectivity index (χ0) is 16.3. The Bertz CT molecular complexity index is 991. The minimum absolute atomic E-state index is 0.812. The normalized spacial score (nSPS) is 14.8. The number of aryl methyl sites for hydroxylation is 3. The van der Waals surface area contributed by atoms with Gasteiger partial charge in [0.1, 0.15) is 11.5 Å². The lowest BCUT2D eigenvalue weighted by molar-refractivity contribution is -0.686. The Morgan fingerprint density at radius 3 is 2.88 bits per heavy atom. The second kappa shape index (κ2) is 4.97. The Labute approximate surface area is 141 Å². The van der Waals surface area contributed by atoms with Crippen molar-refractivity contribution in [3.8, 4) is 22.8 Å². The van der Waals surface area contributed by atoms with Crippen molar-refractivity contribution in [2.75, 3.05) is 13.7 Å². The summed E-state index contributed by atoms with van der Waals surface area (Å²) in [6.07, 6.45) is 4.35. The van der Waals surface area contributed by atoms with Gasteiger partial charge in [0, 0.05) is 18.9 Å². The van der Waals surface area contributed by atoms with Crippen molar-refractivity contribution in [2.45, 2.75) is 26.3 Å². The number of pyridine rings is 1. The maximum atomic E-state index is 5.79. The van der Waals surface area contributed by atoms with Gasteiger partial charge >= 0.3 is 0 Å². The van der Waals surface area contributed by atoms with Crippen LogP contribution in [0.25, 0.3) is 22.0 Å². The van der Waals surface area contributed by atoms with Crippen LogP contribution in [0.15, 0.2) is 36.5 Å². The molecule has 0 saturated carbocycles. The molecule has 0 amide bonds. The molecule has 3 heteroatoms. The van der Waals surface area contributed by atoms with E-state index in [2.05, 4.69) is 48.0 Å². The number of fused-ring (bicyclic) bond motifs is 5. The van der Waals surface area contributed by atoms with E-state index in [4.69, 9.17) is 9.47 Å². The predicted octanol–water partition coefficient (Wildman–Crippen LogP) is 3.60. The van der Waals surface area contributed by atoms with Crippen molar-refractivity contribution >= 4 is 10.8 Å². The highest BCUT2D eigenvalue weighted by Crippen LogP contribution is 2.37. The Morgan fingerprint density at radius 2 is 2.00 bits per heavy atom. The molecule has 2 aliphatic heterocycles. The molecular formula is C21H20NO2+. The monoisotopic (exact) mass is 318 g/mol. The number of ether oxygens (including phenoxy) is 2. The van der Waals surface area contributed by atoms with Crippen LogP contribution in [0.2, 0.25) is 0 Å². The SMILES string of the molecule is COc1c(C)ccc2cc3[n+](cc12)CCc1cc2c(cc1-3)OCC2. The second-order valence-corrected chi connectivity index (χ2v) is 6.74. The molecule has 3 nitrogen and oxygen atoms in total. The molecule has 0 saturated heterocycles. The first kappa shape index (κ1) is 13.8. The number of rotatable bonds is 1. The van der Waals surface area contributed by atoms with Crippen LogP contribution in [0, 0.1) is 6.92 Å². The van der Waals surface area contributed by atoms with Crippen LogP contribution in [-0.4, -0.2) is 13.7 Å². The van der Waals surface area contributed by atoms with Crippen LogP contribution >= 0.6 is 0 Å². The molecule has 2 aromatic carbocycles. The maximum absolute atomic E-state index is 5.79. The highest BCUT2D eigenvalue weighted by Gasteiger charge is 2.27. The predicted molar refractivity (Wildman–Crippen MR) is 93.8 cm³/mol. The van der Waals surface area contributed by atoms with Crippen LogP contribution in [0.3, 0.4) is 0 Å². The molecule has 2 aliphatic rings.